The number of rotatable bonds is 5. The second-order valence-electron chi connectivity index (χ2n) is 4.39. The van der Waals surface area contributed by atoms with E-state index in [0.717, 1.165) is 29.9 Å². The van der Waals surface area contributed by atoms with Crippen molar-refractivity contribution in [3.63, 3.8) is 0 Å². The second kappa shape index (κ2) is 5.19. The molecule has 5 nitrogen and oxygen atoms in total. The van der Waals surface area contributed by atoms with Crippen LogP contribution in [0.15, 0.2) is 23.2 Å². The quantitative estimate of drug-likeness (QED) is 0.821. The third kappa shape index (κ3) is 2.09. The van der Waals surface area contributed by atoms with Gasteiger partial charge in [-0.2, -0.15) is 0 Å². The van der Waals surface area contributed by atoms with Crippen molar-refractivity contribution in [3.8, 4) is 0 Å². The normalized spacial score (nSPS) is 16.1. The van der Waals surface area contributed by atoms with Crippen molar-refractivity contribution in [1.29, 1.82) is 0 Å². The van der Waals surface area contributed by atoms with Gasteiger partial charge in [0, 0.05) is 44.1 Å². The zero-order valence-corrected chi connectivity index (χ0v) is 11.9. The molecule has 0 radical (unpaired) electrons. The third-order valence-electron chi connectivity index (χ3n) is 3.57. The van der Waals surface area contributed by atoms with Gasteiger partial charge in [-0.15, -0.1) is 0 Å². The Balaban J connectivity index is 2.51. The van der Waals surface area contributed by atoms with Crippen molar-refractivity contribution in [2.45, 2.75) is 19.8 Å². The van der Waals surface area contributed by atoms with Crippen LogP contribution < -0.4 is 10.6 Å². The summed E-state index contributed by atoms with van der Waals surface area (Å²) >= 11 is 0. The van der Waals surface area contributed by atoms with Crippen molar-refractivity contribution in [2.24, 2.45) is 10.7 Å². The van der Waals surface area contributed by atoms with Gasteiger partial charge >= 0.3 is 0 Å². The number of amidine groups is 1. The summed E-state index contributed by atoms with van der Waals surface area (Å²) < 4.78 is 10.9. The van der Waals surface area contributed by atoms with Gasteiger partial charge in [-0.25, -0.2) is 4.99 Å². The first-order chi connectivity index (χ1) is 9.11. The Bertz CT molecular complexity index is 491. The first-order valence-electron chi connectivity index (χ1n) is 6.47. The molecule has 0 unspecified atom stereocenters. The average Bonchev–Trinajstić information content (AvgIpc) is 2.73. The Kier molecular flexibility index (Phi) is 3.78. The number of nitrogens with two attached hydrogens (primary N) is 1. The number of nitrogens with zero attached hydrogens (tertiary/aromatic N) is 2. The molecule has 1 aliphatic rings. The molecule has 0 aliphatic carbocycles. The topological polar surface area (TPSA) is 60.1 Å². The van der Waals surface area contributed by atoms with Crippen LogP contribution in [0, 0.1) is 0 Å². The lowest BCUT2D eigenvalue weighted by molar-refractivity contribution is -0.206. The first-order valence-corrected chi connectivity index (χ1v) is 6.47. The summed E-state index contributed by atoms with van der Waals surface area (Å²) in [4.78, 5) is 6.56. The van der Waals surface area contributed by atoms with Crippen LogP contribution in [0.3, 0.4) is 0 Å². The van der Waals surface area contributed by atoms with E-state index in [2.05, 4.69) is 29.8 Å². The maximum absolute atomic E-state index is 5.94. The number of benzene rings is 1. The molecule has 1 aromatic rings. The number of hydrogen-bond donors (Lipinski definition) is 1. The van der Waals surface area contributed by atoms with Crippen molar-refractivity contribution in [3.05, 3.63) is 29.3 Å². The number of methoxy groups -OCH3 is 2. The lowest BCUT2D eigenvalue weighted by atomic mass is 10.0. The standard InChI is InChI=1S/C14H21N3O2/c1-5-17(6-2)10-7-8-11-12(9-10)14(18-3,19-4)16-13(11)15/h7-9H,5-6H2,1-4H3,(H2,15,16). The van der Waals surface area contributed by atoms with E-state index < -0.39 is 5.91 Å². The zero-order valence-electron chi connectivity index (χ0n) is 11.9. The van der Waals surface area contributed by atoms with Crippen molar-refractivity contribution < 1.29 is 9.47 Å². The van der Waals surface area contributed by atoms with E-state index in [1.165, 1.54) is 0 Å². The highest BCUT2D eigenvalue weighted by molar-refractivity contribution is 6.02. The number of fused-ring (bicyclic) bond motifs is 1. The molecule has 0 aromatic heterocycles. The molecule has 1 aromatic carbocycles. The average molecular weight is 263 g/mol. The molecule has 0 saturated carbocycles. The Morgan fingerprint density at radius 3 is 2.37 bits per heavy atom. The summed E-state index contributed by atoms with van der Waals surface area (Å²) in [5.41, 5.74) is 8.79. The fourth-order valence-corrected chi connectivity index (χ4v) is 2.48. The molecule has 19 heavy (non-hydrogen) atoms. The number of anilines is 1. The summed E-state index contributed by atoms with van der Waals surface area (Å²) in [6, 6.07) is 6.07. The smallest absolute Gasteiger partial charge is 0.300 e. The lowest BCUT2D eigenvalue weighted by Crippen LogP contribution is -2.27. The minimum Gasteiger partial charge on any atom is -0.383 e. The molecule has 0 saturated heterocycles. The van der Waals surface area contributed by atoms with Crippen LogP contribution in [0.4, 0.5) is 5.69 Å². The summed E-state index contributed by atoms with van der Waals surface area (Å²) in [5.74, 6) is -0.660. The van der Waals surface area contributed by atoms with Crippen LogP contribution >= 0.6 is 0 Å². The van der Waals surface area contributed by atoms with E-state index in [9.17, 15) is 0 Å². The monoisotopic (exact) mass is 263 g/mol. The zero-order chi connectivity index (χ0) is 14.0. The molecule has 0 bridgehead atoms. The number of hydrogen-bond acceptors (Lipinski definition) is 5. The Morgan fingerprint density at radius 2 is 1.84 bits per heavy atom. The molecule has 1 aliphatic heterocycles. The van der Waals surface area contributed by atoms with E-state index in [1.54, 1.807) is 14.2 Å². The van der Waals surface area contributed by atoms with Gasteiger partial charge in [-0.05, 0) is 32.0 Å². The van der Waals surface area contributed by atoms with Gasteiger partial charge in [0.15, 0.2) is 0 Å². The minimum absolute atomic E-state index is 0.449. The number of aliphatic imine (C=N–C) groups is 1. The third-order valence-corrected chi connectivity index (χ3v) is 3.57. The highest BCUT2D eigenvalue weighted by Gasteiger charge is 2.40. The molecule has 104 valence electrons. The second-order valence-corrected chi connectivity index (χ2v) is 4.39. The summed E-state index contributed by atoms with van der Waals surface area (Å²) in [5, 5.41) is 0. The number of ether oxygens (including phenoxy) is 2. The van der Waals surface area contributed by atoms with Gasteiger partial charge in [0.1, 0.15) is 5.84 Å². The molecular weight excluding hydrogens is 242 g/mol. The lowest BCUT2D eigenvalue weighted by Gasteiger charge is -2.26. The van der Waals surface area contributed by atoms with Crippen molar-refractivity contribution in [1.82, 2.24) is 0 Å². The molecule has 0 amide bonds. The van der Waals surface area contributed by atoms with Crippen molar-refractivity contribution >= 4 is 11.5 Å². The van der Waals surface area contributed by atoms with E-state index in [4.69, 9.17) is 15.2 Å². The SMILES string of the molecule is CCN(CC)c1ccc2c(c1)C(OC)(OC)N=C2N. The Labute approximate surface area is 114 Å². The maximum Gasteiger partial charge on any atom is 0.300 e. The van der Waals surface area contributed by atoms with Gasteiger partial charge < -0.3 is 20.1 Å². The van der Waals surface area contributed by atoms with Gasteiger partial charge in [0.2, 0.25) is 0 Å². The van der Waals surface area contributed by atoms with E-state index >= 15 is 0 Å². The van der Waals surface area contributed by atoms with E-state index in [-0.39, 0.29) is 0 Å². The van der Waals surface area contributed by atoms with Gasteiger partial charge in [-0.1, -0.05) is 0 Å². The van der Waals surface area contributed by atoms with Gasteiger partial charge in [0.05, 0.1) is 0 Å². The molecule has 2 rings (SSSR count). The first kappa shape index (κ1) is 13.8. The molecular formula is C14H21N3O2. The fraction of sp³-hybridized carbons (Fsp3) is 0.500. The predicted octanol–water partition coefficient (Wildman–Crippen LogP) is 1.65. The highest BCUT2D eigenvalue weighted by Crippen LogP contribution is 2.38. The van der Waals surface area contributed by atoms with Crippen LogP contribution in [-0.4, -0.2) is 33.1 Å². The predicted molar refractivity (Wildman–Crippen MR) is 76.4 cm³/mol. The molecule has 0 atom stereocenters. The Morgan fingerprint density at radius 1 is 1.21 bits per heavy atom. The fourth-order valence-electron chi connectivity index (χ4n) is 2.48. The van der Waals surface area contributed by atoms with Crippen LogP contribution in [-0.2, 0) is 15.4 Å². The molecule has 1 heterocycles. The Hall–Kier alpha value is -1.59. The summed E-state index contributed by atoms with van der Waals surface area (Å²) in [7, 11) is 3.14. The van der Waals surface area contributed by atoms with Crippen LogP contribution in [0.25, 0.3) is 0 Å². The van der Waals surface area contributed by atoms with E-state index in [1.807, 2.05) is 12.1 Å². The largest absolute Gasteiger partial charge is 0.383 e. The maximum atomic E-state index is 5.94. The van der Waals surface area contributed by atoms with Crippen molar-refractivity contribution in [2.75, 3.05) is 32.2 Å². The van der Waals surface area contributed by atoms with E-state index in [0.29, 0.717) is 5.84 Å². The molecule has 0 fully saturated rings. The van der Waals surface area contributed by atoms with Crippen LogP contribution in [0.2, 0.25) is 0 Å². The highest BCUT2D eigenvalue weighted by atomic mass is 16.7. The molecule has 2 N–H and O–H groups in total. The van der Waals surface area contributed by atoms with Crippen LogP contribution in [0.5, 0.6) is 0 Å². The summed E-state index contributed by atoms with van der Waals surface area (Å²) in [6.07, 6.45) is 0. The summed E-state index contributed by atoms with van der Waals surface area (Å²) in [6.45, 7) is 6.14. The molecule has 0 spiro atoms. The van der Waals surface area contributed by atoms with Gasteiger partial charge in [0.25, 0.3) is 5.91 Å². The minimum atomic E-state index is -1.11. The van der Waals surface area contributed by atoms with Gasteiger partial charge in [-0.3, -0.25) is 0 Å². The molecule has 5 heteroatoms. The van der Waals surface area contributed by atoms with Crippen LogP contribution in [0.1, 0.15) is 25.0 Å².